The van der Waals surface area contributed by atoms with Crippen LogP contribution in [-0.2, 0) is 6.54 Å². The lowest BCUT2D eigenvalue weighted by Gasteiger charge is -2.23. The molecule has 2 aromatic carbocycles. The van der Waals surface area contributed by atoms with Crippen LogP contribution in [0.1, 0.15) is 29.5 Å². The number of amides is 2. The summed E-state index contributed by atoms with van der Waals surface area (Å²) >= 11 is 0. The number of anilines is 1. The topological polar surface area (TPSA) is 65.2 Å². The molecule has 5 heteroatoms. The molecular weight excluding hydrogens is 338 g/mol. The maximum Gasteiger partial charge on any atom is 0.322 e. The number of hydrogen-bond acceptors (Lipinski definition) is 2. The van der Waals surface area contributed by atoms with Gasteiger partial charge in [0, 0.05) is 22.8 Å². The molecule has 2 N–H and O–H groups in total. The van der Waals surface area contributed by atoms with Crippen LogP contribution in [0.25, 0.3) is 10.9 Å². The van der Waals surface area contributed by atoms with Crippen LogP contribution in [-0.4, -0.2) is 22.0 Å². The van der Waals surface area contributed by atoms with Crippen LogP contribution < -0.4 is 10.9 Å². The molecule has 1 aromatic heterocycles. The zero-order chi connectivity index (χ0) is 19.0. The second-order valence-corrected chi connectivity index (χ2v) is 7.32. The summed E-state index contributed by atoms with van der Waals surface area (Å²) in [5.41, 5.74) is 4.24. The summed E-state index contributed by atoms with van der Waals surface area (Å²) in [5, 5.41) is 3.98. The number of H-pyrrole nitrogens is 1. The van der Waals surface area contributed by atoms with Crippen molar-refractivity contribution >= 4 is 22.6 Å². The molecule has 2 amide bonds. The number of rotatable bonds is 4. The van der Waals surface area contributed by atoms with Crippen LogP contribution in [0.15, 0.2) is 53.3 Å². The summed E-state index contributed by atoms with van der Waals surface area (Å²) in [5.74, 6) is 0. The van der Waals surface area contributed by atoms with E-state index in [2.05, 4.69) is 10.3 Å². The largest absolute Gasteiger partial charge is 0.322 e. The zero-order valence-corrected chi connectivity index (χ0v) is 15.6. The van der Waals surface area contributed by atoms with Crippen molar-refractivity contribution in [3.05, 3.63) is 75.6 Å². The Morgan fingerprint density at radius 3 is 2.67 bits per heavy atom. The summed E-state index contributed by atoms with van der Waals surface area (Å²) in [4.78, 5) is 30.1. The maximum absolute atomic E-state index is 12.9. The van der Waals surface area contributed by atoms with E-state index in [0.29, 0.717) is 12.1 Å². The van der Waals surface area contributed by atoms with Crippen molar-refractivity contribution in [2.75, 3.05) is 5.32 Å². The third-order valence-electron chi connectivity index (χ3n) is 5.05. The van der Waals surface area contributed by atoms with E-state index in [9.17, 15) is 9.59 Å². The minimum Gasteiger partial charge on any atom is -0.322 e. The standard InChI is InChI=1S/C22H23N3O2/c1-14-7-10-20-16(11-14)12-17(21(26)23-20)13-25(18-8-9-18)22(27)24-19-6-4-3-5-15(19)2/h3-7,10-12,18H,8-9,13H2,1-2H3,(H,23,26)(H,24,27). The summed E-state index contributed by atoms with van der Waals surface area (Å²) in [6, 6.07) is 15.6. The number of hydrogen-bond donors (Lipinski definition) is 2. The minimum atomic E-state index is -0.157. The number of carbonyl (C=O) groups excluding carboxylic acids is 1. The molecular formula is C22H23N3O2. The Hall–Kier alpha value is -3.08. The first-order valence-electron chi connectivity index (χ1n) is 9.27. The van der Waals surface area contributed by atoms with Gasteiger partial charge in [-0.3, -0.25) is 4.79 Å². The van der Waals surface area contributed by atoms with Gasteiger partial charge in [-0.2, -0.15) is 0 Å². The van der Waals surface area contributed by atoms with Gasteiger partial charge in [0.25, 0.3) is 5.56 Å². The van der Waals surface area contributed by atoms with E-state index in [-0.39, 0.29) is 17.6 Å². The SMILES string of the molecule is Cc1ccc2[nH]c(=O)c(CN(C(=O)Nc3ccccc3C)C3CC3)cc2c1. The van der Waals surface area contributed by atoms with Crippen molar-refractivity contribution < 1.29 is 4.79 Å². The molecule has 0 unspecified atom stereocenters. The number of aromatic amines is 1. The van der Waals surface area contributed by atoms with Crippen LogP contribution in [0.5, 0.6) is 0 Å². The van der Waals surface area contributed by atoms with Gasteiger partial charge in [-0.25, -0.2) is 4.79 Å². The van der Waals surface area contributed by atoms with E-state index in [1.165, 1.54) is 0 Å². The van der Waals surface area contributed by atoms with Gasteiger partial charge in [0.1, 0.15) is 0 Å². The zero-order valence-electron chi connectivity index (χ0n) is 15.6. The first-order chi connectivity index (χ1) is 13.0. The molecule has 0 aliphatic heterocycles. The number of para-hydroxylation sites is 1. The van der Waals surface area contributed by atoms with Gasteiger partial charge >= 0.3 is 6.03 Å². The molecule has 1 aliphatic carbocycles. The average Bonchev–Trinajstić information content (AvgIpc) is 3.47. The lowest BCUT2D eigenvalue weighted by atomic mass is 10.1. The van der Waals surface area contributed by atoms with E-state index in [4.69, 9.17) is 0 Å². The third kappa shape index (κ3) is 3.72. The van der Waals surface area contributed by atoms with Crippen molar-refractivity contribution in [2.45, 2.75) is 39.3 Å². The molecule has 0 radical (unpaired) electrons. The highest BCUT2D eigenvalue weighted by Crippen LogP contribution is 2.29. The molecule has 0 spiro atoms. The monoisotopic (exact) mass is 361 g/mol. The Balaban J connectivity index is 1.61. The second kappa shape index (κ2) is 6.91. The molecule has 138 valence electrons. The first-order valence-corrected chi connectivity index (χ1v) is 9.27. The average molecular weight is 361 g/mol. The first kappa shape index (κ1) is 17.3. The van der Waals surface area contributed by atoms with Crippen molar-refractivity contribution in [1.29, 1.82) is 0 Å². The Labute approximate surface area is 158 Å². The summed E-state index contributed by atoms with van der Waals surface area (Å²) in [6.45, 7) is 4.30. The Kier molecular flexibility index (Phi) is 4.44. The fourth-order valence-electron chi connectivity index (χ4n) is 3.33. The normalized spacial score (nSPS) is 13.6. The van der Waals surface area contributed by atoms with Crippen molar-refractivity contribution in [1.82, 2.24) is 9.88 Å². The highest BCUT2D eigenvalue weighted by atomic mass is 16.2. The van der Waals surface area contributed by atoms with Crippen LogP contribution >= 0.6 is 0 Å². The van der Waals surface area contributed by atoms with Crippen LogP contribution in [0, 0.1) is 13.8 Å². The number of aryl methyl sites for hydroxylation is 2. The molecule has 1 heterocycles. The van der Waals surface area contributed by atoms with Crippen molar-refractivity contribution in [2.24, 2.45) is 0 Å². The molecule has 1 aliphatic rings. The number of fused-ring (bicyclic) bond motifs is 1. The van der Waals surface area contributed by atoms with E-state index in [1.54, 1.807) is 4.90 Å². The minimum absolute atomic E-state index is 0.138. The molecule has 1 saturated carbocycles. The van der Waals surface area contributed by atoms with Crippen LogP contribution in [0.4, 0.5) is 10.5 Å². The predicted octanol–water partition coefficient (Wildman–Crippen LogP) is 4.34. The number of pyridine rings is 1. The van der Waals surface area contributed by atoms with E-state index >= 15 is 0 Å². The molecule has 4 rings (SSSR count). The molecule has 0 atom stereocenters. The number of aromatic nitrogens is 1. The third-order valence-corrected chi connectivity index (χ3v) is 5.05. The number of benzene rings is 2. The Bertz CT molecular complexity index is 1070. The highest BCUT2D eigenvalue weighted by Gasteiger charge is 2.33. The van der Waals surface area contributed by atoms with Gasteiger partial charge in [0.05, 0.1) is 6.54 Å². The highest BCUT2D eigenvalue weighted by molar-refractivity contribution is 5.90. The number of nitrogens with one attached hydrogen (secondary N) is 2. The Morgan fingerprint density at radius 1 is 1.15 bits per heavy atom. The van der Waals surface area contributed by atoms with E-state index in [1.807, 2.05) is 62.4 Å². The van der Waals surface area contributed by atoms with E-state index < -0.39 is 0 Å². The van der Waals surface area contributed by atoms with Gasteiger partial charge in [0.15, 0.2) is 0 Å². The quantitative estimate of drug-likeness (QED) is 0.726. The molecule has 5 nitrogen and oxygen atoms in total. The fourth-order valence-corrected chi connectivity index (χ4v) is 3.33. The molecule has 1 fully saturated rings. The van der Waals surface area contributed by atoms with E-state index in [0.717, 1.165) is 40.6 Å². The molecule has 27 heavy (non-hydrogen) atoms. The summed E-state index contributed by atoms with van der Waals surface area (Å²) in [7, 11) is 0. The fraction of sp³-hybridized carbons (Fsp3) is 0.273. The maximum atomic E-state index is 12.9. The number of nitrogens with zero attached hydrogens (tertiary/aromatic N) is 1. The van der Waals surface area contributed by atoms with Gasteiger partial charge in [-0.05, 0) is 61.9 Å². The van der Waals surface area contributed by atoms with Gasteiger partial charge in [-0.1, -0.05) is 29.8 Å². The van der Waals surface area contributed by atoms with Crippen LogP contribution in [0.3, 0.4) is 0 Å². The lowest BCUT2D eigenvalue weighted by Crippen LogP contribution is -2.37. The lowest BCUT2D eigenvalue weighted by molar-refractivity contribution is 0.206. The molecule has 3 aromatic rings. The smallest absolute Gasteiger partial charge is 0.322 e. The van der Waals surface area contributed by atoms with Gasteiger partial charge in [-0.15, -0.1) is 0 Å². The van der Waals surface area contributed by atoms with Gasteiger partial charge < -0.3 is 15.2 Å². The summed E-state index contributed by atoms with van der Waals surface area (Å²) < 4.78 is 0. The second-order valence-electron chi connectivity index (χ2n) is 7.32. The Morgan fingerprint density at radius 2 is 1.93 bits per heavy atom. The molecule has 0 bridgehead atoms. The van der Waals surface area contributed by atoms with Crippen molar-refractivity contribution in [3.8, 4) is 0 Å². The molecule has 0 saturated heterocycles. The number of urea groups is 1. The summed E-state index contributed by atoms with van der Waals surface area (Å²) in [6.07, 6.45) is 1.96. The van der Waals surface area contributed by atoms with Crippen molar-refractivity contribution in [3.63, 3.8) is 0 Å². The van der Waals surface area contributed by atoms with Gasteiger partial charge in [0.2, 0.25) is 0 Å². The van der Waals surface area contributed by atoms with Crippen LogP contribution in [0.2, 0.25) is 0 Å². The number of carbonyl (C=O) groups is 1. The predicted molar refractivity (Wildman–Crippen MR) is 108 cm³/mol.